The Labute approximate surface area is 72.7 Å². The molecule has 0 aliphatic carbocycles. The largest absolute Gasteiger partial charge is 0.378 e. The first-order valence-corrected chi connectivity index (χ1v) is 4.17. The van der Waals surface area contributed by atoms with Gasteiger partial charge >= 0.3 is 6.03 Å². The highest BCUT2D eigenvalue weighted by Crippen LogP contribution is 2.24. The molecule has 2 N–H and O–H groups in total. The van der Waals surface area contributed by atoms with E-state index in [9.17, 15) is 4.79 Å². The number of rotatable bonds is 1. The van der Waals surface area contributed by atoms with E-state index in [4.69, 9.17) is 10.5 Å². The number of nitrogens with zero attached hydrogens (tertiary/aromatic N) is 1. The fourth-order valence-corrected chi connectivity index (χ4v) is 1.40. The summed E-state index contributed by atoms with van der Waals surface area (Å²) in [6, 6.07) is -0.326. The van der Waals surface area contributed by atoms with Crippen LogP contribution in [0, 0.1) is 0 Å². The average Bonchev–Trinajstić information content (AvgIpc) is 2.05. The van der Waals surface area contributed by atoms with Gasteiger partial charge in [0.25, 0.3) is 0 Å². The van der Waals surface area contributed by atoms with Crippen molar-refractivity contribution in [3.8, 4) is 0 Å². The molecular weight excluding hydrogens is 156 g/mol. The second-order valence-corrected chi connectivity index (χ2v) is 3.48. The lowest BCUT2D eigenvalue weighted by molar-refractivity contribution is -0.0347. The van der Waals surface area contributed by atoms with Gasteiger partial charge in [-0.3, -0.25) is 0 Å². The van der Waals surface area contributed by atoms with Gasteiger partial charge in [0.15, 0.2) is 0 Å². The summed E-state index contributed by atoms with van der Waals surface area (Å²) in [5.41, 5.74) is 5.08. The van der Waals surface area contributed by atoms with Gasteiger partial charge in [-0.05, 0) is 19.8 Å². The number of carbonyl (C=O) groups excluding carboxylic acids is 1. The van der Waals surface area contributed by atoms with Gasteiger partial charge in [0, 0.05) is 20.2 Å². The van der Waals surface area contributed by atoms with Gasteiger partial charge in [0.1, 0.15) is 0 Å². The lowest BCUT2D eigenvalue weighted by Crippen LogP contribution is -2.47. The van der Waals surface area contributed by atoms with Crippen LogP contribution in [-0.2, 0) is 4.74 Å². The molecule has 0 aromatic rings. The summed E-state index contributed by atoms with van der Waals surface area (Å²) in [5, 5.41) is 0. The number of methoxy groups -OCH3 is 1. The molecule has 4 heteroatoms. The number of hydrogen-bond donors (Lipinski definition) is 1. The molecule has 12 heavy (non-hydrogen) atoms. The molecule has 0 radical (unpaired) electrons. The molecule has 4 nitrogen and oxygen atoms in total. The zero-order valence-electron chi connectivity index (χ0n) is 7.67. The minimum absolute atomic E-state index is 0.0635. The Balaban J connectivity index is 2.44. The highest BCUT2D eigenvalue weighted by molar-refractivity contribution is 5.72. The number of primary amides is 1. The van der Waals surface area contributed by atoms with Crippen molar-refractivity contribution < 1.29 is 9.53 Å². The van der Waals surface area contributed by atoms with Crippen LogP contribution in [0.15, 0.2) is 0 Å². The molecule has 1 fully saturated rings. The molecule has 2 amide bonds. The number of urea groups is 1. The van der Waals surface area contributed by atoms with Crippen LogP contribution in [0.3, 0.4) is 0 Å². The highest BCUT2D eigenvalue weighted by Gasteiger charge is 2.30. The molecule has 1 heterocycles. The maximum absolute atomic E-state index is 10.8. The van der Waals surface area contributed by atoms with E-state index in [0.29, 0.717) is 13.1 Å². The minimum Gasteiger partial charge on any atom is -0.378 e. The van der Waals surface area contributed by atoms with E-state index in [1.165, 1.54) is 0 Å². The first-order chi connectivity index (χ1) is 5.57. The van der Waals surface area contributed by atoms with E-state index < -0.39 is 0 Å². The average molecular weight is 172 g/mol. The summed E-state index contributed by atoms with van der Waals surface area (Å²) >= 11 is 0. The Hall–Kier alpha value is -0.770. The van der Waals surface area contributed by atoms with Crippen LogP contribution in [0.25, 0.3) is 0 Å². The van der Waals surface area contributed by atoms with Gasteiger partial charge in [0.2, 0.25) is 0 Å². The summed E-state index contributed by atoms with van der Waals surface area (Å²) in [4.78, 5) is 12.4. The van der Waals surface area contributed by atoms with Crippen LogP contribution in [0.5, 0.6) is 0 Å². The third-order valence-corrected chi connectivity index (χ3v) is 2.63. The van der Waals surface area contributed by atoms with Crippen molar-refractivity contribution in [1.29, 1.82) is 0 Å². The molecule has 0 spiro atoms. The third kappa shape index (κ3) is 1.88. The van der Waals surface area contributed by atoms with Crippen molar-refractivity contribution in [3.63, 3.8) is 0 Å². The van der Waals surface area contributed by atoms with Crippen molar-refractivity contribution in [2.24, 2.45) is 5.73 Å². The van der Waals surface area contributed by atoms with Gasteiger partial charge < -0.3 is 15.4 Å². The third-order valence-electron chi connectivity index (χ3n) is 2.63. The minimum atomic E-state index is -0.326. The zero-order chi connectivity index (χ0) is 9.19. The predicted molar refractivity (Wildman–Crippen MR) is 45.8 cm³/mol. The Morgan fingerprint density at radius 2 is 2.00 bits per heavy atom. The molecule has 0 atom stereocenters. The fraction of sp³-hybridized carbons (Fsp3) is 0.875. The lowest BCUT2D eigenvalue weighted by Gasteiger charge is -2.37. The van der Waals surface area contributed by atoms with E-state index in [1.807, 2.05) is 0 Å². The Morgan fingerprint density at radius 3 is 2.33 bits per heavy atom. The molecule has 1 aliphatic heterocycles. The Morgan fingerprint density at radius 1 is 1.50 bits per heavy atom. The molecule has 0 aromatic carbocycles. The van der Waals surface area contributed by atoms with Crippen LogP contribution in [0.2, 0.25) is 0 Å². The SMILES string of the molecule is COC1(C)CCN(C(N)=O)CC1. The monoisotopic (exact) mass is 172 g/mol. The van der Waals surface area contributed by atoms with Crippen molar-refractivity contribution in [3.05, 3.63) is 0 Å². The molecule has 1 rings (SSSR count). The van der Waals surface area contributed by atoms with E-state index >= 15 is 0 Å². The lowest BCUT2D eigenvalue weighted by atomic mass is 9.94. The van der Waals surface area contributed by atoms with E-state index in [0.717, 1.165) is 12.8 Å². The molecule has 0 saturated carbocycles. The first kappa shape index (κ1) is 9.32. The quantitative estimate of drug-likeness (QED) is 0.628. The summed E-state index contributed by atoms with van der Waals surface area (Å²) in [5.74, 6) is 0. The number of ether oxygens (including phenoxy) is 1. The summed E-state index contributed by atoms with van der Waals surface area (Å²) in [6.07, 6.45) is 1.74. The number of piperidine rings is 1. The van der Waals surface area contributed by atoms with Crippen molar-refractivity contribution in [1.82, 2.24) is 4.90 Å². The van der Waals surface area contributed by atoms with E-state index in [-0.39, 0.29) is 11.6 Å². The number of hydrogen-bond acceptors (Lipinski definition) is 2. The second-order valence-electron chi connectivity index (χ2n) is 3.48. The van der Waals surface area contributed by atoms with Crippen LogP contribution < -0.4 is 5.73 Å². The Bertz CT molecular complexity index is 174. The van der Waals surface area contributed by atoms with E-state index in [1.54, 1.807) is 12.0 Å². The molecule has 0 bridgehead atoms. The smallest absolute Gasteiger partial charge is 0.314 e. The first-order valence-electron chi connectivity index (χ1n) is 4.17. The zero-order valence-corrected chi connectivity index (χ0v) is 7.67. The Kier molecular flexibility index (Phi) is 2.57. The van der Waals surface area contributed by atoms with Gasteiger partial charge in [-0.25, -0.2) is 4.79 Å². The van der Waals surface area contributed by atoms with Crippen LogP contribution >= 0.6 is 0 Å². The van der Waals surface area contributed by atoms with Crippen molar-refractivity contribution in [2.75, 3.05) is 20.2 Å². The van der Waals surface area contributed by atoms with Crippen molar-refractivity contribution in [2.45, 2.75) is 25.4 Å². The van der Waals surface area contributed by atoms with Crippen LogP contribution in [0.4, 0.5) is 4.79 Å². The van der Waals surface area contributed by atoms with Gasteiger partial charge in [0.05, 0.1) is 5.60 Å². The molecule has 1 aliphatic rings. The number of amides is 2. The molecule has 1 saturated heterocycles. The van der Waals surface area contributed by atoms with Crippen LogP contribution in [-0.4, -0.2) is 36.7 Å². The predicted octanol–water partition coefficient (Wildman–Crippen LogP) is 0.566. The maximum atomic E-state index is 10.8. The van der Waals surface area contributed by atoms with Crippen LogP contribution in [0.1, 0.15) is 19.8 Å². The summed E-state index contributed by atoms with van der Waals surface area (Å²) < 4.78 is 5.33. The number of nitrogens with two attached hydrogens (primary N) is 1. The summed E-state index contributed by atoms with van der Waals surface area (Å²) in [6.45, 7) is 3.48. The molecular formula is C8H16N2O2. The molecule has 70 valence electrons. The van der Waals surface area contributed by atoms with Gasteiger partial charge in [-0.2, -0.15) is 0 Å². The standard InChI is InChI=1S/C8H16N2O2/c1-8(12-2)3-5-10(6-4-8)7(9)11/h3-6H2,1-2H3,(H2,9,11). The topological polar surface area (TPSA) is 55.6 Å². The van der Waals surface area contributed by atoms with E-state index in [2.05, 4.69) is 6.92 Å². The van der Waals surface area contributed by atoms with Crippen molar-refractivity contribution >= 4 is 6.03 Å². The molecule has 0 aromatic heterocycles. The molecule has 0 unspecified atom stereocenters. The highest BCUT2D eigenvalue weighted by atomic mass is 16.5. The number of likely N-dealkylation sites (tertiary alicyclic amines) is 1. The second kappa shape index (κ2) is 3.31. The number of carbonyl (C=O) groups is 1. The fourth-order valence-electron chi connectivity index (χ4n) is 1.40. The van der Waals surface area contributed by atoms with Gasteiger partial charge in [-0.15, -0.1) is 0 Å². The van der Waals surface area contributed by atoms with Gasteiger partial charge in [-0.1, -0.05) is 0 Å². The summed E-state index contributed by atoms with van der Waals surface area (Å²) in [7, 11) is 1.71. The normalized spacial score (nSPS) is 22.3. The maximum Gasteiger partial charge on any atom is 0.314 e.